The van der Waals surface area contributed by atoms with E-state index in [-0.39, 0.29) is 46.2 Å². The molecular weight excluding hydrogens is 1180 g/mol. The zero-order chi connectivity index (χ0) is 63.7. The van der Waals surface area contributed by atoms with Crippen LogP contribution in [0.3, 0.4) is 0 Å². The third-order valence-corrected chi connectivity index (χ3v) is 13.4. The van der Waals surface area contributed by atoms with Crippen molar-refractivity contribution in [3.05, 3.63) is 158 Å². The smallest absolute Gasteiger partial charge is 0.203 e. The lowest BCUT2D eigenvalue weighted by atomic mass is 9.96. The standard InChI is InChI=1S/C70H84N6O16/c1-77-20-23-80-26-29-83-32-35-86-38-41-89-68-44-54(45-69(90-42-39-87-36-33-84-30-27-81-24-21-78-2)70(68)91-43-40-88-37-34-85-31-28-82-25-22-79-3)53-92-59-47-55(57-49-64(60-12-4-8-16-71-60)75-65(50-57)61-13-5-9-17-72-61)46-56(48-59)58-51-66(62-14-6-10-18-73-62)76-67(52-58)63-15-7-11-19-74-63/h4-19,44-52H,20-43,53H2,1-3H3. The van der Waals surface area contributed by atoms with E-state index in [1.54, 1.807) is 46.1 Å². The molecular formula is C70H84N6O16. The van der Waals surface area contributed by atoms with Crippen molar-refractivity contribution in [2.45, 2.75) is 6.61 Å². The van der Waals surface area contributed by atoms with Crippen LogP contribution < -0.4 is 18.9 Å². The molecule has 490 valence electrons. The second-order valence-corrected chi connectivity index (χ2v) is 20.1. The minimum absolute atomic E-state index is 0.0753. The highest BCUT2D eigenvalue weighted by Crippen LogP contribution is 2.41. The third-order valence-electron chi connectivity index (χ3n) is 13.4. The second-order valence-electron chi connectivity index (χ2n) is 20.1. The Morgan fingerprint density at radius 1 is 0.261 bits per heavy atom. The first-order valence-electron chi connectivity index (χ1n) is 30.8. The van der Waals surface area contributed by atoms with Crippen LogP contribution >= 0.6 is 0 Å². The molecule has 0 saturated carbocycles. The molecule has 6 heterocycles. The summed E-state index contributed by atoms with van der Waals surface area (Å²) in [4.78, 5) is 29.0. The van der Waals surface area contributed by atoms with Crippen LogP contribution in [-0.2, 0) is 63.4 Å². The topological polar surface area (TPSA) is 225 Å². The van der Waals surface area contributed by atoms with E-state index < -0.39 is 0 Å². The van der Waals surface area contributed by atoms with Crippen LogP contribution in [-0.4, -0.2) is 210 Å². The van der Waals surface area contributed by atoms with Crippen LogP contribution in [0.2, 0.25) is 0 Å². The van der Waals surface area contributed by atoms with Crippen molar-refractivity contribution in [2.75, 3.05) is 180 Å². The second kappa shape index (κ2) is 42.2. The Morgan fingerprint density at radius 3 is 0.837 bits per heavy atom. The Hall–Kier alpha value is -7.94. The molecule has 0 N–H and O–H groups in total. The number of benzene rings is 2. The van der Waals surface area contributed by atoms with Crippen molar-refractivity contribution >= 4 is 0 Å². The number of methoxy groups -OCH3 is 3. The van der Waals surface area contributed by atoms with Gasteiger partial charge in [-0.1, -0.05) is 24.3 Å². The summed E-state index contributed by atoms with van der Waals surface area (Å²) < 4.78 is 93.1. The number of pyridine rings is 6. The lowest BCUT2D eigenvalue weighted by Crippen LogP contribution is -2.16. The quantitative estimate of drug-likeness (QED) is 0.0323. The zero-order valence-electron chi connectivity index (χ0n) is 52.8. The number of ether oxygens (including phenoxy) is 16. The molecule has 0 saturated heterocycles. The van der Waals surface area contributed by atoms with Gasteiger partial charge < -0.3 is 75.8 Å². The molecule has 0 atom stereocenters. The number of hydrogen-bond donors (Lipinski definition) is 0. The Labute approximate surface area is 538 Å². The number of rotatable bonds is 48. The molecule has 0 spiro atoms. The molecule has 22 heteroatoms. The Balaban J connectivity index is 1.10. The molecule has 8 aromatic rings. The van der Waals surface area contributed by atoms with E-state index in [0.29, 0.717) is 187 Å². The minimum atomic E-state index is 0.0753. The van der Waals surface area contributed by atoms with E-state index in [9.17, 15) is 0 Å². The van der Waals surface area contributed by atoms with Gasteiger partial charge in [0.2, 0.25) is 5.75 Å². The minimum Gasteiger partial charge on any atom is -0.489 e. The lowest BCUT2D eigenvalue weighted by molar-refractivity contribution is -0.00161. The summed E-state index contributed by atoms with van der Waals surface area (Å²) in [5, 5.41) is 0. The van der Waals surface area contributed by atoms with Gasteiger partial charge in [-0.2, -0.15) is 0 Å². The molecule has 0 bridgehead atoms. The molecule has 22 nitrogen and oxygen atoms in total. The molecule has 0 aliphatic heterocycles. The van der Waals surface area contributed by atoms with Gasteiger partial charge in [0.25, 0.3) is 0 Å². The van der Waals surface area contributed by atoms with Crippen molar-refractivity contribution in [2.24, 2.45) is 0 Å². The predicted octanol–water partition coefficient (Wildman–Crippen LogP) is 9.86. The van der Waals surface area contributed by atoms with E-state index in [1.165, 1.54) is 0 Å². The first-order chi connectivity index (χ1) is 45.6. The van der Waals surface area contributed by atoms with Crippen molar-refractivity contribution in [3.8, 4) is 90.8 Å². The average molecular weight is 1270 g/mol. The van der Waals surface area contributed by atoms with Gasteiger partial charge in [-0.05, 0) is 131 Å². The molecule has 0 fully saturated rings. The summed E-state index contributed by atoms with van der Waals surface area (Å²) in [5.74, 6) is 1.74. The van der Waals surface area contributed by atoms with E-state index in [0.717, 1.165) is 27.8 Å². The maximum absolute atomic E-state index is 6.95. The summed E-state index contributed by atoms with van der Waals surface area (Å²) in [5.41, 5.74) is 9.61. The SMILES string of the molecule is COCCOCCOCCOCCOc1cc(COc2cc(-c3cc(-c4ccccn4)nc(-c4ccccn4)c3)cc(-c3cc(-c4ccccn4)nc(-c4ccccn4)c3)c2)cc(OCCOCCOCCOCCOC)c1OCCOCCOCCOCCOC. The average Bonchev–Trinajstić information content (AvgIpc) is 1.19. The molecule has 0 unspecified atom stereocenters. The highest BCUT2D eigenvalue weighted by molar-refractivity contribution is 5.82. The van der Waals surface area contributed by atoms with Crippen LogP contribution in [0.1, 0.15) is 5.56 Å². The van der Waals surface area contributed by atoms with Crippen LogP contribution in [0.25, 0.3) is 67.8 Å². The van der Waals surface area contributed by atoms with Gasteiger partial charge in [0, 0.05) is 46.1 Å². The fourth-order valence-electron chi connectivity index (χ4n) is 8.91. The highest BCUT2D eigenvalue weighted by Gasteiger charge is 2.20. The number of hydrogen-bond acceptors (Lipinski definition) is 22. The number of nitrogens with zero attached hydrogens (tertiary/aromatic N) is 6. The molecule has 0 amide bonds. The maximum Gasteiger partial charge on any atom is 0.203 e. The van der Waals surface area contributed by atoms with Crippen molar-refractivity contribution in [1.82, 2.24) is 29.9 Å². The summed E-state index contributed by atoms with van der Waals surface area (Å²) >= 11 is 0. The Morgan fingerprint density at radius 2 is 0.543 bits per heavy atom. The van der Waals surface area contributed by atoms with Gasteiger partial charge in [0.15, 0.2) is 11.5 Å². The van der Waals surface area contributed by atoms with Crippen LogP contribution in [0.4, 0.5) is 0 Å². The number of aromatic nitrogens is 6. The maximum atomic E-state index is 6.95. The van der Waals surface area contributed by atoms with Crippen molar-refractivity contribution in [3.63, 3.8) is 0 Å². The molecule has 92 heavy (non-hydrogen) atoms. The molecule has 2 aromatic carbocycles. The summed E-state index contributed by atoms with van der Waals surface area (Å²) in [6.07, 6.45) is 7.03. The van der Waals surface area contributed by atoms with Crippen LogP contribution in [0.15, 0.2) is 152 Å². The molecule has 0 aliphatic rings. The fourth-order valence-corrected chi connectivity index (χ4v) is 8.91. The van der Waals surface area contributed by atoms with Crippen LogP contribution in [0, 0.1) is 0 Å². The van der Waals surface area contributed by atoms with E-state index in [4.69, 9.17) is 106 Å². The van der Waals surface area contributed by atoms with Gasteiger partial charge in [-0.3, -0.25) is 19.9 Å². The molecule has 0 aliphatic carbocycles. The highest BCUT2D eigenvalue weighted by atomic mass is 16.6. The predicted molar refractivity (Wildman–Crippen MR) is 346 cm³/mol. The zero-order valence-corrected chi connectivity index (χ0v) is 52.8. The first kappa shape index (κ1) is 69.9. The van der Waals surface area contributed by atoms with Crippen molar-refractivity contribution < 1.29 is 75.8 Å². The third kappa shape index (κ3) is 24.9. The Kier molecular flexibility index (Phi) is 32.1. The van der Waals surface area contributed by atoms with E-state index >= 15 is 0 Å². The van der Waals surface area contributed by atoms with Crippen LogP contribution in [0.5, 0.6) is 23.0 Å². The van der Waals surface area contributed by atoms with Gasteiger partial charge in [-0.25, -0.2) is 9.97 Å². The molecule has 8 rings (SSSR count). The summed E-state index contributed by atoms with van der Waals surface area (Å²) in [6, 6.07) is 41.1. The van der Waals surface area contributed by atoms with Gasteiger partial charge in [0.1, 0.15) is 32.2 Å². The normalized spacial score (nSPS) is 11.3. The monoisotopic (exact) mass is 1260 g/mol. The van der Waals surface area contributed by atoms with Gasteiger partial charge in [0.05, 0.1) is 184 Å². The molecule has 6 aromatic heterocycles. The summed E-state index contributed by atoms with van der Waals surface area (Å²) in [7, 11) is 4.91. The van der Waals surface area contributed by atoms with Gasteiger partial charge in [-0.15, -0.1) is 0 Å². The fraction of sp³-hybridized carbons (Fsp3) is 0.400. The molecule has 0 radical (unpaired) electrons. The largest absolute Gasteiger partial charge is 0.489 e. The van der Waals surface area contributed by atoms with Crippen molar-refractivity contribution in [1.29, 1.82) is 0 Å². The van der Waals surface area contributed by atoms with Gasteiger partial charge >= 0.3 is 0 Å². The summed E-state index contributed by atoms with van der Waals surface area (Å²) in [6.45, 7) is 9.35. The first-order valence-corrected chi connectivity index (χ1v) is 30.8. The Bertz CT molecular complexity index is 2980. The van der Waals surface area contributed by atoms with E-state index in [1.807, 2.05) is 121 Å². The van der Waals surface area contributed by atoms with E-state index in [2.05, 4.69) is 6.07 Å². The lowest BCUT2D eigenvalue weighted by Gasteiger charge is -2.19.